The molecule has 1 aliphatic heterocycles. The molecule has 0 bridgehead atoms. The molecule has 1 amide bonds. The summed E-state index contributed by atoms with van der Waals surface area (Å²) in [5, 5.41) is 2.08. The molecule has 1 atom stereocenters. The maximum atomic E-state index is 13.1. The van der Waals surface area contributed by atoms with Crippen LogP contribution in [0.1, 0.15) is 29.0 Å². The van der Waals surface area contributed by atoms with E-state index in [-0.39, 0.29) is 12.0 Å². The zero-order chi connectivity index (χ0) is 17.9. The number of nitrogens with zero attached hydrogens (tertiary/aromatic N) is 3. The Kier molecular flexibility index (Phi) is 4.52. The van der Waals surface area contributed by atoms with Crippen LogP contribution in [-0.2, 0) is 0 Å². The number of carbonyl (C=O) groups is 1. The third-order valence-corrected chi connectivity index (χ3v) is 4.72. The third kappa shape index (κ3) is 3.38. The first-order chi connectivity index (χ1) is 12.7. The van der Waals surface area contributed by atoms with Crippen LogP contribution < -0.4 is 4.74 Å². The molecule has 0 radical (unpaired) electrons. The lowest BCUT2D eigenvalue weighted by atomic mass is 10.0. The van der Waals surface area contributed by atoms with Crippen molar-refractivity contribution in [3.05, 3.63) is 66.1 Å². The normalized spacial score (nSPS) is 17.3. The van der Waals surface area contributed by atoms with Crippen LogP contribution in [0.15, 0.2) is 54.7 Å². The van der Waals surface area contributed by atoms with Crippen molar-refractivity contribution in [1.82, 2.24) is 14.9 Å². The van der Waals surface area contributed by atoms with Crippen LogP contribution in [0, 0.1) is 6.92 Å². The molecule has 1 unspecified atom stereocenters. The van der Waals surface area contributed by atoms with Crippen LogP contribution in [0.3, 0.4) is 0 Å². The minimum Gasteiger partial charge on any atom is -0.472 e. The molecule has 1 aromatic heterocycles. The summed E-state index contributed by atoms with van der Waals surface area (Å²) in [6, 6.07) is 15.6. The van der Waals surface area contributed by atoms with Gasteiger partial charge in [-0.15, -0.1) is 0 Å². The minimum atomic E-state index is -0.0445. The van der Waals surface area contributed by atoms with Gasteiger partial charge in [-0.05, 0) is 36.6 Å². The second kappa shape index (κ2) is 7.12. The van der Waals surface area contributed by atoms with Crippen LogP contribution in [0.5, 0.6) is 5.88 Å². The third-order valence-electron chi connectivity index (χ3n) is 4.72. The summed E-state index contributed by atoms with van der Waals surface area (Å²) < 4.78 is 5.99. The fourth-order valence-electron chi connectivity index (χ4n) is 3.47. The van der Waals surface area contributed by atoms with Gasteiger partial charge in [0.25, 0.3) is 5.91 Å². The van der Waals surface area contributed by atoms with E-state index in [1.165, 1.54) is 0 Å². The Morgan fingerprint density at radius 3 is 2.88 bits per heavy atom. The van der Waals surface area contributed by atoms with Gasteiger partial charge in [-0.2, -0.15) is 4.98 Å². The van der Waals surface area contributed by atoms with Crippen molar-refractivity contribution in [2.24, 2.45) is 0 Å². The molecular formula is C21H21N3O2. The fraction of sp³-hybridized carbons (Fsp3) is 0.286. The highest BCUT2D eigenvalue weighted by Gasteiger charge is 2.26. The van der Waals surface area contributed by atoms with Crippen molar-refractivity contribution in [2.75, 3.05) is 13.1 Å². The van der Waals surface area contributed by atoms with E-state index in [0.717, 1.165) is 35.7 Å². The quantitative estimate of drug-likeness (QED) is 0.726. The molecule has 4 rings (SSSR count). The van der Waals surface area contributed by atoms with Gasteiger partial charge in [-0.25, -0.2) is 4.98 Å². The Morgan fingerprint density at radius 2 is 2.00 bits per heavy atom. The second-order valence-corrected chi connectivity index (χ2v) is 6.60. The maximum Gasteiger partial charge on any atom is 0.254 e. The molecule has 0 N–H and O–H groups in total. The topological polar surface area (TPSA) is 55.3 Å². The van der Waals surface area contributed by atoms with Crippen molar-refractivity contribution >= 4 is 16.7 Å². The van der Waals surface area contributed by atoms with Gasteiger partial charge >= 0.3 is 0 Å². The van der Waals surface area contributed by atoms with Gasteiger partial charge in [0.2, 0.25) is 5.88 Å². The molecule has 1 fully saturated rings. The summed E-state index contributed by atoms with van der Waals surface area (Å²) in [5.74, 6) is 1.32. The summed E-state index contributed by atoms with van der Waals surface area (Å²) in [4.78, 5) is 23.4. The van der Waals surface area contributed by atoms with Crippen molar-refractivity contribution in [1.29, 1.82) is 0 Å². The van der Waals surface area contributed by atoms with E-state index in [9.17, 15) is 4.79 Å². The fourth-order valence-corrected chi connectivity index (χ4v) is 3.47. The Bertz CT molecular complexity index is 936. The molecule has 1 aliphatic rings. The first-order valence-corrected chi connectivity index (χ1v) is 8.94. The van der Waals surface area contributed by atoms with Crippen molar-refractivity contribution in [2.45, 2.75) is 25.9 Å². The number of amides is 1. The predicted octanol–water partition coefficient (Wildman–Crippen LogP) is 3.62. The summed E-state index contributed by atoms with van der Waals surface area (Å²) in [5.41, 5.74) is 0.752. The summed E-state index contributed by atoms with van der Waals surface area (Å²) in [6.07, 6.45) is 3.49. The maximum absolute atomic E-state index is 13.1. The molecule has 5 nitrogen and oxygen atoms in total. The van der Waals surface area contributed by atoms with E-state index >= 15 is 0 Å². The number of hydrogen-bond acceptors (Lipinski definition) is 4. The van der Waals surface area contributed by atoms with Crippen molar-refractivity contribution in [3.63, 3.8) is 0 Å². The van der Waals surface area contributed by atoms with E-state index in [4.69, 9.17) is 4.74 Å². The lowest BCUT2D eigenvalue weighted by Gasteiger charge is -2.33. The average molecular weight is 347 g/mol. The number of ether oxygens (including phenoxy) is 1. The molecule has 5 heteroatoms. The van der Waals surface area contributed by atoms with Gasteiger partial charge in [0.1, 0.15) is 11.9 Å². The van der Waals surface area contributed by atoms with Crippen LogP contribution in [-0.4, -0.2) is 40.0 Å². The summed E-state index contributed by atoms with van der Waals surface area (Å²) in [7, 11) is 0. The Balaban J connectivity index is 1.53. The summed E-state index contributed by atoms with van der Waals surface area (Å²) in [6.45, 7) is 3.17. The lowest BCUT2D eigenvalue weighted by Crippen LogP contribution is -2.44. The Hall–Kier alpha value is -2.95. The van der Waals surface area contributed by atoms with Crippen molar-refractivity contribution < 1.29 is 9.53 Å². The van der Waals surface area contributed by atoms with E-state index in [0.29, 0.717) is 18.2 Å². The Morgan fingerprint density at radius 1 is 1.15 bits per heavy atom. The Labute approximate surface area is 152 Å². The number of rotatable bonds is 3. The number of hydrogen-bond donors (Lipinski definition) is 0. The molecule has 0 saturated carbocycles. The van der Waals surface area contributed by atoms with Gasteiger partial charge < -0.3 is 9.64 Å². The summed E-state index contributed by atoms with van der Waals surface area (Å²) >= 11 is 0. The number of carbonyl (C=O) groups excluding carboxylic acids is 1. The molecule has 2 aromatic carbocycles. The van der Waals surface area contributed by atoms with Crippen LogP contribution in [0.25, 0.3) is 10.8 Å². The number of likely N-dealkylation sites (tertiary alicyclic amines) is 1. The first kappa shape index (κ1) is 16.5. The molecule has 3 aromatic rings. The number of aromatic nitrogens is 2. The smallest absolute Gasteiger partial charge is 0.254 e. The largest absolute Gasteiger partial charge is 0.472 e. The highest BCUT2D eigenvalue weighted by molar-refractivity contribution is 6.07. The predicted molar refractivity (Wildman–Crippen MR) is 100 cm³/mol. The second-order valence-electron chi connectivity index (χ2n) is 6.60. The average Bonchev–Trinajstić information content (AvgIpc) is 2.67. The minimum absolute atomic E-state index is 0.0445. The first-order valence-electron chi connectivity index (χ1n) is 8.94. The van der Waals surface area contributed by atoms with Gasteiger partial charge in [-0.3, -0.25) is 4.79 Å². The van der Waals surface area contributed by atoms with Crippen LogP contribution >= 0.6 is 0 Å². The van der Waals surface area contributed by atoms with Gasteiger partial charge in [0.05, 0.1) is 6.54 Å². The highest BCUT2D eigenvalue weighted by Crippen LogP contribution is 2.23. The number of benzene rings is 2. The van der Waals surface area contributed by atoms with Gasteiger partial charge in [0.15, 0.2) is 0 Å². The van der Waals surface area contributed by atoms with Crippen LogP contribution in [0.2, 0.25) is 0 Å². The van der Waals surface area contributed by atoms with E-state index in [2.05, 4.69) is 9.97 Å². The molecule has 1 saturated heterocycles. The number of fused-ring (bicyclic) bond motifs is 1. The zero-order valence-electron chi connectivity index (χ0n) is 14.8. The monoisotopic (exact) mass is 347 g/mol. The van der Waals surface area contributed by atoms with Gasteiger partial charge in [0, 0.05) is 24.4 Å². The number of aryl methyl sites for hydroxylation is 1. The van der Waals surface area contributed by atoms with Gasteiger partial charge in [-0.1, -0.05) is 36.4 Å². The zero-order valence-corrected chi connectivity index (χ0v) is 14.8. The van der Waals surface area contributed by atoms with E-state index < -0.39 is 0 Å². The molecule has 132 valence electrons. The molecule has 26 heavy (non-hydrogen) atoms. The van der Waals surface area contributed by atoms with E-state index in [1.807, 2.05) is 54.3 Å². The highest BCUT2D eigenvalue weighted by atomic mass is 16.5. The standard InChI is InChI=1S/C21H21N3O2/c1-15-22-12-11-20(23-15)26-17-8-5-13-24(14-17)21(25)19-10-4-7-16-6-2-3-9-18(16)19/h2-4,6-7,9-12,17H,5,8,13-14H2,1H3. The molecule has 2 heterocycles. The van der Waals surface area contributed by atoms with Crippen molar-refractivity contribution in [3.8, 4) is 5.88 Å². The SMILES string of the molecule is Cc1nccc(OC2CCCN(C(=O)c3cccc4ccccc34)C2)n1. The number of piperidine rings is 1. The molecule has 0 spiro atoms. The molecular weight excluding hydrogens is 326 g/mol. The lowest BCUT2D eigenvalue weighted by molar-refractivity contribution is 0.0528. The van der Waals surface area contributed by atoms with E-state index in [1.54, 1.807) is 12.3 Å². The molecule has 0 aliphatic carbocycles. The van der Waals surface area contributed by atoms with Crippen LogP contribution in [0.4, 0.5) is 0 Å².